The number of nitro benzene ring substituents is 2. The van der Waals surface area contributed by atoms with Gasteiger partial charge in [-0.2, -0.15) is 0 Å². The first-order valence-electron chi connectivity index (χ1n) is 13.0. The minimum absolute atomic E-state index is 0.0118. The molecule has 0 aromatic heterocycles. The standard InChI is InChI=1S/C27H32N4O11/c1-18(32)40-12-11-21(14-28(2)26(34)41-16-19-3-7-22(8-4-19)30(36)37)25-13-24(33)15-29(25)27(35)42-17-20-5-9-23(10-6-20)31(38)39/h3-10,21,24-25,33H,11-17H2,1-2H3/t21?,24-,25+/m1/s1. The van der Waals surface area contributed by atoms with Gasteiger partial charge in [-0.1, -0.05) is 0 Å². The number of non-ortho nitro benzene ring substituents is 2. The highest BCUT2D eigenvalue weighted by molar-refractivity contribution is 5.69. The maximum Gasteiger partial charge on any atom is 0.410 e. The summed E-state index contributed by atoms with van der Waals surface area (Å²) in [6, 6.07) is 10.5. The fourth-order valence-corrected chi connectivity index (χ4v) is 4.60. The normalized spacial score (nSPS) is 16.8. The lowest BCUT2D eigenvalue weighted by atomic mass is 9.93. The average molecular weight is 589 g/mol. The molecule has 15 nitrogen and oxygen atoms in total. The second kappa shape index (κ2) is 14.7. The van der Waals surface area contributed by atoms with E-state index in [1.807, 2.05) is 0 Å². The zero-order valence-electron chi connectivity index (χ0n) is 23.1. The summed E-state index contributed by atoms with van der Waals surface area (Å²) in [6.07, 6.45) is -1.78. The molecule has 1 aliphatic rings. The molecule has 1 saturated heterocycles. The molecule has 0 bridgehead atoms. The molecule has 3 atom stereocenters. The number of esters is 1. The van der Waals surface area contributed by atoms with Crippen LogP contribution in [0.2, 0.25) is 0 Å². The highest BCUT2D eigenvalue weighted by Crippen LogP contribution is 2.29. The number of benzene rings is 2. The van der Waals surface area contributed by atoms with E-state index in [1.54, 1.807) is 0 Å². The van der Waals surface area contributed by atoms with Gasteiger partial charge in [-0.25, -0.2) is 9.59 Å². The van der Waals surface area contributed by atoms with Crippen molar-refractivity contribution in [1.82, 2.24) is 9.80 Å². The third-order valence-corrected chi connectivity index (χ3v) is 6.73. The second-order valence-electron chi connectivity index (χ2n) is 9.83. The predicted molar refractivity (Wildman–Crippen MR) is 145 cm³/mol. The Labute approximate surface area is 240 Å². The molecule has 0 radical (unpaired) electrons. The molecule has 15 heteroatoms. The number of rotatable bonds is 12. The summed E-state index contributed by atoms with van der Waals surface area (Å²) in [5, 5.41) is 32.1. The van der Waals surface area contributed by atoms with Gasteiger partial charge in [0.1, 0.15) is 13.2 Å². The van der Waals surface area contributed by atoms with Gasteiger partial charge >= 0.3 is 18.2 Å². The van der Waals surface area contributed by atoms with E-state index < -0.39 is 46.1 Å². The number of nitro groups is 2. The highest BCUT2D eigenvalue weighted by atomic mass is 16.6. The Morgan fingerprint density at radius 2 is 1.48 bits per heavy atom. The van der Waals surface area contributed by atoms with E-state index in [0.29, 0.717) is 11.1 Å². The molecule has 3 rings (SSSR count). The van der Waals surface area contributed by atoms with E-state index in [-0.39, 0.29) is 57.1 Å². The fourth-order valence-electron chi connectivity index (χ4n) is 4.60. The van der Waals surface area contributed by atoms with Gasteiger partial charge in [0.2, 0.25) is 0 Å². The molecule has 1 aliphatic heterocycles. The van der Waals surface area contributed by atoms with Crippen LogP contribution < -0.4 is 0 Å². The number of nitrogens with zero attached hydrogens (tertiary/aromatic N) is 4. The van der Waals surface area contributed by atoms with Gasteiger partial charge in [-0.3, -0.25) is 25.0 Å². The molecule has 0 saturated carbocycles. The molecule has 42 heavy (non-hydrogen) atoms. The van der Waals surface area contributed by atoms with Gasteiger partial charge in [0, 0.05) is 56.7 Å². The van der Waals surface area contributed by atoms with Gasteiger partial charge in [0.25, 0.3) is 11.4 Å². The van der Waals surface area contributed by atoms with Crippen molar-refractivity contribution >= 4 is 29.5 Å². The van der Waals surface area contributed by atoms with Crippen molar-refractivity contribution in [3.8, 4) is 0 Å². The number of aliphatic hydroxyl groups is 1. The van der Waals surface area contributed by atoms with Crippen LogP contribution in [0.5, 0.6) is 0 Å². The van der Waals surface area contributed by atoms with Gasteiger partial charge in [-0.15, -0.1) is 0 Å². The Hall–Kier alpha value is -4.79. The molecule has 2 aromatic rings. The Kier molecular flexibility index (Phi) is 11.1. The summed E-state index contributed by atoms with van der Waals surface area (Å²) in [6.45, 7) is 1.08. The lowest BCUT2D eigenvalue weighted by molar-refractivity contribution is -0.385. The van der Waals surface area contributed by atoms with Crippen LogP contribution in [-0.2, 0) is 32.2 Å². The number of aliphatic hydroxyl groups excluding tert-OH is 1. The van der Waals surface area contributed by atoms with E-state index >= 15 is 0 Å². The third kappa shape index (κ3) is 9.12. The van der Waals surface area contributed by atoms with Gasteiger partial charge < -0.3 is 29.1 Å². The van der Waals surface area contributed by atoms with Crippen LogP contribution in [0.15, 0.2) is 48.5 Å². The van der Waals surface area contributed by atoms with Crippen molar-refractivity contribution < 1.29 is 43.5 Å². The summed E-state index contributed by atoms with van der Waals surface area (Å²) in [5.41, 5.74) is 0.896. The number of carbonyl (C=O) groups is 3. The van der Waals surface area contributed by atoms with Crippen molar-refractivity contribution in [2.45, 2.75) is 45.1 Å². The highest BCUT2D eigenvalue weighted by Gasteiger charge is 2.40. The van der Waals surface area contributed by atoms with Gasteiger partial charge in [-0.05, 0) is 48.2 Å². The smallest absolute Gasteiger partial charge is 0.410 e. The molecular formula is C27H32N4O11. The molecule has 1 heterocycles. The van der Waals surface area contributed by atoms with Crippen molar-refractivity contribution in [3.05, 3.63) is 79.9 Å². The molecule has 2 aromatic carbocycles. The Balaban J connectivity index is 1.64. The summed E-state index contributed by atoms with van der Waals surface area (Å²) in [4.78, 5) is 60.4. The molecule has 1 unspecified atom stereocenters. The van der Waals surface area contributed by atoms with E-state index in [0.717, 1.165) is 0 Å². The molecule has 2 amide bonds. The predicted octanol–water partition coefficient (Wildman–Crippen LogP) is 3.41. The first kappa shape index (κ1) is 31.7. The maximum absolute atomic E-state index is 13.0. The fraction of sp³-hybridized carbons (Fsp3) is 0.444. The van der Waals surface area contributed by atoms with Crippen LogP contribution in [0.1, 0.15) is 30.9 Å². The van der Waals surface area contributed by atoms with Crippen molar-refractivity contribution in [2.75, 3.05) is 26.7 Å². The zero-order chi connectivity index (χ0) is 30.8. The Bertz CT molecular complexity index is 1270. The van der Waals surface area contributed by atoms with E-state index in [1.165, 1.54) is 72.3 Å². The largest absolute Gasteiger partial charge is 0.466 e. The van der Waals surface area contributed by atoms with E-state index in [2.05, 4.69) is 0 Å². The number of hydrogen-bond donors (Lipinski definition) is 1. The van der Waals surface area contributed by atoms with Gasteiger partial charge in [0.05, 0.1) is 29.1 Å². The SMILES string of the molecule is CC(=O)OCCC(CN(C)C(=O)OCc1ccc([N+](=O)[O-])cc1)[C@@H]1C[C@@H](O)CN1C(=O)OCc1ccc([N+](=O)[O-])cc1. The number of amides is 2. The molecule has 1 fully saturated rings. The number of hydrogen-bond acceptors (Lipinski definition) is 11. The lowest BCUT2D eigenvalue weighted by Crippen LogP contribution is -2.45. The van der Waals surface area contributed by atoms with Crippen molar-refractivity contribution in [3.63, 3.8) is 0 Å². The number of carbonyl (C=O) groups excluding carboxylic acids is 3. The molecule has 226 valence electrons. The van der Waals surface area contributed by atoms with Crippen molar-refractivity contribution in [1.29, 1.82) is 0 Å². The average Bonchev–Trinajstić information content (AvgIpc) is 3.35. The van der Waals surface area contributed by atoms with Crippen LogP contribution in [0, 0.1) is 26.1 Å². The molecule has 0 spiro atoms. The summed E-state index contributed by atoms with van der Waals surface area (Å²) < 4.78 is 15.9. The van der Waals surface area contributed by atoms with Crippen LogP contribution in [0.4, 0.5) is 21.0 Å². The molecule has 0 aliphatic carbocycles. The minimum Gasteiger partial charge on any atom is -0.466 e. The van der Waals surface area contributed by atoms with Crippen LogP contribution in [-0.4, -0.2) is 81.8 Å². The van der Waals surface area contributed by atoms with E-state index in [4.69, 9.17) is 14.2 Å². The third-order valence-electron chi connectivity index (χ3n) is 6.73. The van der Waals surface area contributed by atoms with Crippen LogP contribution in [0.25, 0.3) is 0 Å². The first-order valence-corrected chi connectivity index (χ1v) is 13.0. The number of likely N-dealkylation sites (tertiary alicyclic amines) is 1. The zero-order valence-corrected chi connectivity index (χ0v) is 23.1. The van der Waals surface area contributed by atoms with Crippen LogP contribution >= 0.6 is 0 Å². The minimum atomic E-state index is -0.849. The van der Waals surface area contributed by atoms with Crippen LogP contribution in [0.3, 0.4) is 0 Å². The van der Waals surface area contributed by atoms with E-state index in [9.17, 15) is 39.7 Å². The summed E-state index contributed by atoms with van der Waals surface area (Å²) in [5.74, 6) is -0.930. The quantitative estimate of drug-likeness (QED) is 0.165. The lowest BCUT2D eigenvalue weighted by Gasteiger charge is -2.33. The second-order valence-corrected chi connectivity index (χ2v) is 9.83. The maximum atomic E-state index is 13.0. The summed E-state index contributed by atoms with van der Waals surface area (Å²) in [7, 11) is 1.50. The van der Waals surface area contributed by atoms with Gasteiger partial charge in [0.15, 0.2) is 0 Å². The topological polar surface area (TPSA) is 192 Å². The Morgan fingerprint density at radius 1 is 0.952 bits per heavy atom. The summed E-state index contributed by atoms with van der Waals surface area (Å²) >= 11 is 0. The number of β-amino-alcohol motifs (C(OH)–C–C–N with tert-alkyl or cyclic N) is 1. The molecular weight excluding hydrogens is 556 g/mol. The van der Waals surface area contributed by atoms with Crippen molar-refractivity contribution in [2.24, 2.45) is 5.92 Å². The first-order chi connectivity index (χ1) is 19.9. The Morgan fingerprint density at radius 3 is 1.98 bits per heavy atom. The molecule has 1 N–H and O–H groups in total. The monoisotopic (exact) mass is 588 g/mol. The number of ether oxygens (including phenoxy) is 3.